The molecule has 0 aromatic carbocycles. The van der Waals surface area contributed by atoms with E-state index in [9.17, 15) is 13.2 Å². The van der Waals surface area contributed by atoms with Gasteiger partial charge in [-0.25, -0.2) is 22.9 Å². The van der Waals surface area contributed by atoms with Crippen LogP contribution in [0.1, 0.15) is 34.8 Å². The van der Waals surface area contributed by atoms with E-state index in [1.807, 2.05) is 6.92 Å². The lowest BCUT2D eigenvalue weighted by atomic mass is 10.4. The number of carbonyl (C=O) groups is 1. The van der Waals surface area contributed by atoms with E-state index in [-0.39, 0.29) is 18.1 Å². The Morgan fingerprint density at radius 2 is 2.24 bits per heavy atom. The molecule has 0 radical (unpaired) electrons. The van der Waals surface area contributed by atoms with Gasteiger partial charge in [-0.15, -0.1) is 0 Å². The summed E-state index contributed by atoms with van der Waals surface area (Å²) in [6.45, 7) is 3.13. The molecule has 0 aliphatic rings. The van der Waals surface area contributed by atoms with Crippen LogP contribution in [-0.2, 0) is 23.0 Å². The maximum Gasteiger partial charge on any atom is 0.357 e. The standard InChI is InChI=1S/C11H14N4O5S/c1-3-7-4-12-8(20-7)5-13-21(18,19)10-6(2)14-15-9(10)11(16)17/h4,13H,3,5H2,1-2H3,(H,14,15)(H,16,17). The van der Waals surface area contributed by atoms with E-state index in [1.54, 1.807) is 0 Å². The Balaban J connectivity index is 2.22. The van der Waals surface area contributed by atoms with Gasteiger partial charge in [0.15, 0.2) is 5.69 Å². The van der Waals surface area contributed by atoms with Gasteiger partial charge in [-0.3, -0.25) is 5.10 Å². The molecule has 0 bridgehead atoms. The van der Waals surface area contributed by atoms with Crippen LogP contribution in [0, 0.1) is 6.92 Å². The molecule has 10 heteroatoms. The van der Waals surface area contributed by atoms with Crippen LogP contribution in [-0.4, -0.2) is 34.7 Å². The van der Waals surface area contributed by atoms with Crippen LogP contribution in [0.4, 0.5) is 0 Å². The van der Waals surface area contributed by atoms with Gasteiger partial charge < -0.3 is 9.52 Å². The summed E-state index contributed by atoms with van der Waals surface area (Å²) in [5, 5.41) is 14.8. The number of carboxylic acid groups (broad SMARTS) is 1. The number of aromatic carboxylic acids is 1. The van der Waals surface area contributed by atoms with E-state index in [1.165, 1.54) is 13.1 Å². The van der Waals surface area contributed by atoms with E-state index in [0.29, 0.717) is 12.2 Å². The number of nitrogens with one attached hydrogen (secondary N) is 2. The summed E-state index contributed by atoms with van der Waals surface area (Å²) >= 11 is 0. The molecule has 9 nitrogen and oxygen atoms in total. The Kier molecular flexibility index (Phi) is 4.09. The minimum atomic E-state index is -4.04. The number of hydrogen-bond acceptors (Lipinski definition) is 6. The van der Waals surface area contributed by atoms with Crippen molar-refractivity contribution in [3.8, 4) is 0 Å². The maximum absolute atomic E-state index is 12.2. The minimum Gasteiger partial charge on any atom is -0.476 e. The smallest absolute Gasteiger partial charge is 0.357 e. The predicted octanol–water partition coefficient (Wildman–Crippen LogP) is 0.445. The Bertz CT molecular complexity index is 761. The second-order valence-electron chi connectivity index (χ2n) is 4.23. The molecule has 0 saturated heterocycles. The summed E-state index contributed by atoms with van der Waals surface area (Å²) < 4.78 is 31.9. The Labute approximate surface area is 120 Å². The van der Waals surface area contributed by atoms with Gasteiger partial charge in [-0.1, -0.05) is 6.92 Å². The average molecular weight is 314 g/mol. The fourth-order valence-corrected chi connectivity index (χ4v) is 3.01. The predicted molar refractivity (Wildman–Crippen MR) is 70.2 cm³/mol. The number of sulfonamides is 1. The first-order valence-corrected chi connectivity index (χ1v) is 7.55. The highest BCUT2D eigenvalue weighted by Gasteiger charge is 2.28. The van der Waals surface area contributed by atoms with Gasteiger partial charge in [-0.05, 0) is 6.92 Å². The van der Waals surface area contributed by atoms with Crippen LogP contribution in [0.25, 0.3) is 0 Å². The number of H-pyrrole nitrogens is 1. The molecule has 2 aromatic rings. The van der Waals surface area contributed by atoms with Crippen molar-refractivity contribution in [2.24, 2.45) is 0 Å². The largest absolute Gasteiger partial charge is 0.476 e. The Morgan fingerprint density at radius 3 is 2.81 bits per heavy atom. The highest BCUT2D eigenvalue weighted by molar-refractivity contribution is 7.89. The van der Waals surface area contributed by atoms with Crippen molar-refractivity contribution in [2.45, 2.75) is 31.7 Å². The van der Waals surface area contributed by atoms with Crippen LogP contribution in [0.2, 0.25) is 0 Å². The Morgan fingerprint density at radius 1 is 1.52 bits per heavy atom. The molecular formula is C11H14N4O5S. The summed E-state index contributed by atoms with van der Waals surface area (Å²) in [6, 6.07) is 0. The third-order valence-corrected chi connectivity index (χ3v) is 4.29. The highest BCUT2D eigenvalue weighted by atomic mass is 32.2. The molecule has 2 heterocycles. The molecule has 0 aliphatic carbocycles. The Hall–Kier alpha value is -2.20. The van der Waals surface area contributed by atoms with Crippen molar-refractivity contribution in [1.82, 2.24) is 19.9 Å². The average Bonchev–Trinajstić information content (AvgIpc) is 3.02. The normalized spacial score (nSPS) is 11.7. The summed E-state index contributed by atoms with van der Waals surface area (Å²) in [6.07, 6.45) is 2.15. The van der Waals surface area contributed by atoms with E-state index in [2.05, 4.69) is 19.9 Å². The molecule has 114 valence electrons. The number of aryl methyl sites for hydroxylation is 2. The number of aromatic amines is 1. The fourth-order valence-electron chi connectivity index (χ4n) is 1.71. The number of oxazole rings is 1. The quantitative estimate of drug-likeness (QED) is 0.703. The lowest BCUT2D eigenvalue weighted by Gasteiger charge is -2.04. The molecule has 0 fully saturated rings. The van der Waals surface area contributed by atoms with Crippen molar-refractivity contribution in [2.75, 3.05) is 0 Å². The van der Waals surface area contributed by atoms with Crippen LogP contribution in [0.3, 0.4) is 0 Å². The number of rotatable bonds is 6. The zero-order chi connectivity index (χ0) is 15.6. The van der Waals surface area contributed by atoms with Crippen molar-refractivity contribution in [3.63, 3.8) is 0 Å². The van der Waals surface area contributed by atoms with Crippen LogP contribution in [0.15, 0.2) is 15.5 Å². The summed E-state index contributed by atoms with van der Waals surface area (Å²) in [4.78, 5) is 14.5. The van der Waals surface area contributed by atoms with E-state index in [4.69, 9.17) is 9.52 Å². The van der Waals surface area contributed by atoms with Crippen molar-refractivity contribution < 1.29 is 22.7 Å². The number of hydrogen-bond donors (Lipinski definition) is 3. The zero-order valence-electron chi connectivity index (χ0n) is 11.4. The summed E-state index contributed by atoms with van der Waals surface area (Å²) in [5.74, 6) is -0.590. The van der Waals surface area contributed by atoms with E-state index < -0.39 is 26.6 Å². The van der Waals surface area contributed by atoms with Gasteiger partial charge in [0.2, 0.25) is 15.9 Å². The summed E-state index contributed by atoms with van der Waals surface area (Å²) in [5.41, 5.74) is -0.414. The van der Waals surface area contributed by atoms with Gasteiger partial charge in [0, 0.05) is 6.42 Å². The van der Waals surface area contributed by atoms with Gasteiger partial charge in [0.25, 0.3) is 0 Å². The second kappa shape index (κ2) is 5.66. The van der Waals surface area contributed by atoms with Gasteiger partial charge >= 0.3 is 5.97 Å². The second-order valence-corrected chi connectivity index (χ2v) is 5.93. The zero-order valence-corrected chi connectivity index (χ0v) is 12.2. The molecule has 2 rings (SSSR count). The number of aromatic nitrogens is 3. The van der Waals surface area contributed by atoms with Crippen molar-refractivity contribution in [3.05, 3.63) is 29.2 Å². The lowest BCUT2D eigenvalue weighted by molar-refractivity contribution is 0.0686. The monoisotopic (exact) mass is 314 g/mol. The SMILES string of the molecule is CCc1cnc(CNS(=O)(=O)c2c(C(=O)O)n[nH]c2C)o1. The minimum absolute atomic E-state index is 0.140. The van der Waals surface area contributed by atoms with E-state index >= 15 is 0 Å². The molecule has 0 spiro atoms. The van der Waals surface area contributed by atoms with Gasteiger partial charge in [0.1, 0.15) is 10.7 Å². The molecule has 0 aliphatic heterocycles. The third kappa shape index (κ3) is 3.11. The molecule has 0 saturated carbocycles. The maximum atomic E-state index is 12.2. The highest BCUT2D eigenvalue weighted by Crippen LogP contribution is 2.17. The first-order chi connectivity index (χ1) is 9.85. The summed E-state index contributed by atoms with van der Waals surface area (Å²) in [7, 11) is -4.04. The number of carboxylic acids is 1. The third-order valence-electron chi connectivity index (χ3n) is 2.73. The van der Waals surface area contributed by atoms with Gasteiger partial charge in [0.05, 0.1) is 18.4 Å². The molecule has 2 aromatic heterocycles. The molecule has 0 unspecified atom stereocenters. The number of nitrogens with zero attached hydrogens (tertiary/aromatic N) is 2. The van der Waals surface area contributed by atoms with Crippen molar-refractivity contribution >= 4 is 16.0 Å². The van der Waals surface area contributed by atoms with Crippen LogP contribution in [0.5, 0.6) is 0 Å². The molecule has 3 N–H and O–H groups in total. The molecule has 0 atom stereocenters. The molecule has 21 heavy (non-hydrogen) atoms. The van der Waals surface area contributed by atoms with E-state index in [0.717, 1.165) is 0 Å². The molecule has 0 amide bonds. The van der Waals surface area contributed by atoms with Gasteiger partial charge in [-0.2, -0.15) is 5.10 Å². The first-order valence-electron chi connectivity index (χ1n) is 6.06. The van der Waals surface area contributed by atoms with Crippen LogP contribution < -0.4 is 4.72 Å². The molecular weight excluding hydrogens is 300 g/mol. The lowest BCUT2D eigenvalue weighted by Crippen LogP contribution is -2.25. The topological polar surface area (TPSA) is 138 Å². The van der Waals surface area contributed by atoms with Crippen molar-refractivity contribution in [1.29, 1.82) is 0 Å². The van der Waals surface area contributed by atoms with Crippen LogP contribution >= 0.6 is 0 Å². The fraction of sp³-hybridized carbons (Fsp3) is 0.364. The first kappa shape index (κ1) is 15.2.